The molecular formula is C16H25N3O4. The number of benzene rings is 1. The lowest BCUT2D eigenvalue weighted by molar-refractivity contribution is -0.121. The van der Waals surface area contributed by atoms with Crippen molar-refractivity contribution in [2.24, 2.45) is 11.5 Å². The molecule has 7 nitrogen and oxygen atoms in total. The van der Waals surface area contributed by atoms with Crippen molar-refractivity contribution >= 4 is 11.7 Å². The maximum atomic E-state index is 11.8. The summed E-state index contributed by atoms with van der Waals surface area (Å²) in [6.07, 6.45) is 2.38. The molecule has 1 rings (SSSR count). The van der Waals surface area contributed by atoms with E-state index in [0.29, 0.717) is 31.5 Å². The molecule has 0 radical (unpaired) electrons. The maximum absolute atomic E-state index is 11.8. The van der Waals surface area contributed by atoms with Crippen molar-refractivity contribution < 1.29 is 19.8 Å². The van der Waals surface area contributed by atoms with E-state index in [1.165, 1.54) is 18.2 Å². The van der Waals surface area contributed by atoms with Gasteiger partial charge in [-0.2, -0.15) is 0 Å². The second-order valence-corrected chi connectivity index (χ2v) is 5.45. The number of rotatable bonds is 10. The molecule has 1 aromatic carbocycles. The third-order valence-electron chi connectivity index (χ3n) is 3.49. The van der Waals surface area contributed by atoms with Gasteiger partial charge in [0.15, 0.2) is 5.78 Å². The number of Topliss-reactive ketones (excluding diaryl/α,β-unsaturated/α-hetero) is 1. The van der Waals surface area contributed by atoms with Crippen LogP contribution in [0.2, 0.25) is 0 Å². The van der Waals surface area contributed by atoms with Crippen LogP contribution in [0.5, 0.6) is 11.5 Å². The van der Waals surface area contributed by atoms with Crippen LogP contribution in [0.1, 0.15) is 31.2 Å². The minimum Gasteiger partial charge on any atom is -0.508 e. The number of amides is 1. The number of hydrogen-bond acceptors (Lipinski definition) is 6. The molecule has 0 saturated carbocycles. The number of ketones is 1. The van der Waals surface area contributed by atoms with Gasteiger partial charge in [0.25, 0.3) is 0 Å². The first-order chi connectivity index (χ1) is 10.9. The van der Waals surface area contributed by atoms with E-state index in [1.807, 2.05) is 0 Å². The largest absolute Gasteiger partial charge is 0.508 e. The third-order valence-corrected chi connectivity index (χ3v) is 3.49. The quantitative estimate of drug-likeness (QED) is 0.389. The Labute approximate surface area is 135 Å². The lowest BCUT2D eigenvalue weighted by Crippen LogP contribution is -2.32. The predicted octanol–water partition coefficient (Wildman–Crippen LogP) is 0.172. The number of unbranched alkanes of at least 4 members (excludes halogenated alkanes) is 1. The first-order valence-corrected chi connectivity index (χ1v) is 7.70. The first kappa shape index (κ1) is 18.9. The van der Waals surface area contributed by atoms with Crippen molar-refractivity contribution in [1.82, 2.24) is 5.32 Å². The van der Waals surface area contributed by atoms with Crippen molar-refractivity contribution in [2.75, 3.05) is 13.1 Å². The molecule has 0 spiro atoms. The van der Waals surface area contributed by atoms with Gasteiger partial charge >= 0.3 is 0 Å². The van der Waals surface area contributed by atoms with Crippen LogP contribution in [0, 0.1) is 0 Å². The highest BCUT2D eigenvalue weighted by Gasteiger charge is 2.12. The lowest BCUT2D eigenvalue weighted by atomic mass is 10.0. The van der Waals surface area contributed by atoms with Crippen molar-refractivity contribution in [3.05, 3.63) is 23.8 Å². The van der Waals surface area contributed by atoms with E-state index in [9.17, 15) is 19.8 Å². The van der Waals surface area contributed by atoms with Crippen molar-refractivity contribution in [1.29, 1.82) is 0 Å². The molecule has 7 N–H and O–H groups in total. The van der Waals surface area contributed by atoms with Gasteiger partial charge < -0.3 is 27.0 Å². The van der Waals surface area contributed by atoms with Crippen LogP contribution in [-0.2, 0) is 16.0 Å². The number of phenolic OH excluding ortho intramolecular Hbond substituents is 2. The van der Waals surface area contributed by atoms with E-state index >= 15 is 0 Å². The second-order valence-electron chi connectivity index (χ2n) is 5.45. The molecule has 0 bridgehead atoms. The fourth-order valence-electron chi connectivity index (χ4n) is 2.14. The Kier molecular flexibility index (Phi) is 8.07. The highest BCUT2D eigenvalue weighted by molar-refractivity contribution is 5.83. The molecule has 1 aromatic rings. The number of aromatic hydroxyl groups is 2. The zero-order valence-corrected chi connectivity index (χ0v) is 13.1. The van der Waals surface area contributed by atoms with Gasteiger partial charge in [-0.25, -0.2) is 0 Å². The second kappa shape index (κ2) is 9.81. The molecule has 0 aliphatic rings. The van der Waals surface area contributed by atoms with Gasteiger partial charge in [0, 0.05) is 24.6 Å². The summed E-state index contributed by atoms with van der Waals surface area (Å²) in [5, 5.41) is 21.5. The van der Waals surface area contributed by atoms with Crippen molar-refractivity contribution in [3.63, 3.8) is 0 Å². The monoisotopic (exact) mass is 323 g/mol. The number of nitrogens with two attached hydrogens (primary N) is 2. The summed E-state index contributed by atoms with van der Waals surface area (Å²) in [6.45, 7) is 0.794. The summed E-state index contributed by atoms with van der Waals surface area (Å²) in [5.74, 6) is -0.398. The number of hydrogen-bond donors (Lipinski definition) is 5. The molecule has 23 heavy (non-hydrogen) atoms. The summed E-state index contributed by atoms with van der Waals surface area (Å²) in [4.78, 5) is 23.2. The Morgan fingerprint density at radius 2 is 1.96 bits per heavy atom. The van der Waals surface area contributed by atoms with Crippen molar-refractivity contribution in [2.45, 2.75) is 38.1 Å². The zero-order chi connectivity index (χ0) is 17.2. The average Bonchev–Trinajstić information content (AvgIpc) is 2.49. The molecule has 0 fully saturated rings. The van der Waals surface area contributed by atoms with Crippen molar-refractivity contribution in [3.8, 4) is 11.5 Å². The van der Waals surface area contributed by atoms with E-state index in [1.54, 1.807) is 0 Å². The normalized spacial score (nSPS) is 11.9. The van der Waals surface area contributed by atoms with Crippen LogP contribution >= 0.6 is 0 Å². The van der Waals surface area contributed by atoms with Gasteiger partial charge in [-0.05, 0) is 31.9 Å². The summed E-state index contributed by atoms with van der Waals surface area (Å²) >= 11 is 0. The zero-order valence-electron chi connectivity index (χ0n) is 13.1. The lowest BCUT2D eigenvalue weighted by Gasteiger charge is -2.10. The number of phenols is 2. The average molecular weight is 323 g/mol. The third kappa shape index (κ3) is 7.12. The molecule has 1 amide bonds. The molecule has 0 aliphatic carbocycles. The Morgan fingerprint density at radius 1 is 1.22 bits per heavy atom. The minimum atomic E-state index is -0.483. The minimum absolute atomic E-state index is 0.0284. The molecule has 0 aliphatic heterocycles. The maximum Gasteiger partial charge on any atom is 0.224 e. The highest BCUT2D eigenvalue weighted by atomic mass is 16.3. The number of carbonyl (C=O) groups is 2. The van der Waals surface area contributed by atoms with E-state index in [4.69, 9.17) is 11.5 Å². The van der Waals surface area contributed by atoms with Crippen LogP contribution in [0.4, 0.5) is 0 Å². The molecule has 7 heteroatoms. The van der Waals surface area contributed by atoms with Gasteiger partial charge in [-0.15, -0.1) is 0 Å². The summed E-state index contributed by atoms with van der Waals surface area (Å²) < 4.78 is 0. The van der Waals surface area contributed by atoms with Crippen LogP contribution in [0.15, 0.2) is 18.2 Å². The highest BCUT2D eigenvalue weighted by Crippen LogP contribution is 2.22. The van der Waals surface area contributed by atoms with Gasteiger partial charge in [0.1, 0.15) is 11.5 Å². The Hall–Kier alpha value is -2.12. The summed E-state index contributed by atoms with van der Waals surface area (Å²) in [7, 11) is 0. The SMILES string of the molecule is NCCC(=O)C(N)CCCCNC(=O)Cc1ccc(O)cc1O. The number of nitrogens with one attached hydrogen (secondary N) is 1. The van der Waals surface area contributed by atoms with Crippen LogP contribution in [-0.4, -0.2) is 41.0 Å². The van der Waals surface area contributed by atoms with Crippen LogP contribution < -0.4 is 16.8 Å². The topological polar surface area (TPSA) is 139 Å². The number of carbonyl (C=O) groups excluding carboxylic acids is 2. The molecular weight excluding hydrogens is 298 g/mol. The summed E-state index contributed by atoms with van der Waals surface area (Å²) in [5.41, 5.74) is 11.5. The molecule has 0 aromatic heterocycles. The standard InChI is InChI=1S/C16H25N3O4/c17-7-6-14(21)13(18)3-1-2-8-19-16(23)9-11-4-5-12(20)10-15(11)22/h4-5,10,13,20,22H,1-3,6-9,17-18H2,(H,19,23). The summed E-state index contributed by atoms with van der Waals surface area (Å²) in [6, 6.07) is 3.64. The molecule has 128 valence electrons. The Balaban J connectivity index is 2.20. The van der Waals surface area contributed by atoms with E-state index < -0.39 is 6.04 Å². The Bertz CT molecular complexity index is 534. The fraction of sp³-hybridized carbons (Fsp3) is 0.500. The van der Waals surface area contributed by atoms with Crippen LogP contribution in [0.25, 0.3) is 0 Å². The van der Waals surface area contributed by atoms with E-state index in [0.717, 1.165) is 12.8 Å². The van der Waals surface area contributed by atoms with E-state index in [2.05, 4.69) is 5.32 Å². The Morgan fingerprint density at radius 3 is 2.61 bits per heavy atom. The van der Waals surface area contributed by atoms with E-state index in [-0.39, 0.29) is 29.6 Å². The smallest absolute Gasteiger partial charge is 0.224 e. The van der Waals surface area contributed by atoms with Gasteiger partial charge in [0.2, 0.25) is 5.91 Å². The molecule has 1 unspecified atom stereocenters. The van der Waals surface area contributed by atoms with Gasteiger partial charge in [0.05, 0.1) is 12.5 Å². The molecule has 0 heterocycles. The predicted molar refractivity (Wildman–Crippen MR) is 87.0 cm³/mol. The molecule has 0 saturated heterocycles. The molecule has 1 atom stereocenters. The fourth-order valence-corrected chi connectivity index (χ4v) is 2.14. The van der Waals surface area contributed by atoms with Gasteiger partial charge in [-0.3, -0.25) is 9.59 Å². The first-order valence-electron chi connectivity index (χ1n) is 7.70. The van der Waals surface area contributed by atoms with Gasteiger partial charge in [-0.1, -0.05) is 6.07 Å². The van der Waals surface area contributed by atoms with Crippen LogP contribution in [0.3, 0.4) is 0 Å².